The largest absolute Gasteiger partial charge is 0.322 e. The first-order valence-electron chi connectivity index (χ1n) is 8.11. The van der Waals surface area contributed by atoms with Gasteiger partial charge in [0, 0.05) is 11.9 Å². The fourth-order valence-electron chi connectivity index (χ4n) is 2.84. The summed E-state index contributed by atoms with van der Waals surface area (Å²) < 4.78 is 1.73. The zero-order valence-electron chi connectivity index (χ0n) is 14.0. The van der Waals surface area contributed by atoms with Crippen LogP contribution in [0.3, 0.4) is 0 Å². The van der Waals surface area contributed by atoms with Gasteiger partial charge in [0.1, 0.15) is 0 Å². The van der Waals surface area contributed by atoms with Crippen molar-refractivity contribution in [3.63, 3.8) is 0 Å². The molecule has 4 rings (SSSR count). The first kappa shape index (κ1) is 16.3. The maximum absolute atomic E-state index is 12.6. The Hall–Kier alpha value is -3.18. The van der Waals surface area contributed by atoms with E-state index in [4.69, 9.17) is 11.6 Å². The molecule has 2 aromatic heterocycles. The Balaban J connectivity index is 1.78. The first-order valence-corrected chi connectivity index (χ1v) is 8.48. The molecule has 128 valence electrons. The van der Waals surface area contributed by atoms with Crippen LogP contribution >= 0.6 is 11.6 Å². The minimum atomic E-state index is -0.303. The number of carbonyl (C=O) groups is 1. The lowest BCUT2D eigenvalue weighted by Gasteiger charge is -2.08. The molecule has 0 bridgehead atoms. The number of para-hydroxylation sites is 2. The van der Waals surface area contributed by atoms with Crippen molar-refractivity contribution in [1.29, 1.82) is 0 Å². The Kier molecular flexibility index (Phi) is 4.14. The molecule has 6 heteroatoms. The van der Waals surface area contributed by atoms with Gasteiger partial charge in [-0.2, -0.15) is 5.10 Å². The number of rotatable bonds is 3. The van der Waals surface area contributed by atoms with E-state index < -0.39 is 0 Å². The molecule has 2 heterocycles. The zero-order chi connectivity index (χ0) is 18.1. The molecular formula is C20H15ClN4O. The third-order valence-corrected chi connectivity index (χ3v) is 4.48. The SMILES string of the molecule is Cc1nn(-c2ccccc2)c2ncc(C(=O)Nc3ccccc3)c(Cl)c12. The maximum atomic E-state index is 12.6. The van der Waals surface area contributed by atoms with Gasteiger partial charge in [0.05, 0.1) is 27.4 Å². The van der Waals surface area contributed by atoms with Gasteiger partial charge in [0.15, 0.2) is 5.65 Å². The van der Waals surface area contributed by atoms with Crippen molar-refractivity contribution >= 4 is 34.2 Å². The van der Waals surface area contributed by atoms with Crippen LogP contribution in [-0.4, -0.2) is 20.7 Å². The fraction of sp³-hybridized carbons (Fsp3) is 0.0500. The van der Waals surface area contributed by atoms with E-state index in [1.54, 1.807) is 4.68 Å². The molecule has 4 aromatic rings. The number of hydrogen-bond donors (Lipinski definition) is 1. The summed E-state index contributed by atoms with van der Waals surface area (Å²) in [6, 6.07) is 18.9. The molecule has 0 aliphatic carbocycles. The molecule has 0 aliphatic rings. The summed E-state index contributed by atoms with van der Waals surface area (Å²) in [5.41, 5.74) is 3.24. The summed E-state index contributed by atoms with van der Waals surface area (Å²) >= 11 is 6.55. The number of amides is 1. The van der Waals surface area contributed by atoms with Crippen LogP contribution in [0.2, 0.25) is 5.02 Å². The highest BCUT2D eigenvalue weighted by Crippen LogP contribution is 2.30. The van der Waals surface area contributed by atoms with Crippen molar-refractivity contribution in [2.45, 2.75) is 6.92 Å². The van der Waals surface area contributed by atoms with E-state index in [1.807, 2.05) is 67.6 Å². The van der Waals surface area contributed by atoms with Gasteiger partial charge in [-0.25, -0.2) is 9.67 Å². The Morgan fingerprint density at radius 2 is 1.69 bits per heavy atom. The van der Waals surface area contributed by atoms with E-state index in [2.05, 4.69) is 15.4 Å². The van der Waals surface area contributed by atoms with E-state index >= 15 is 0 Å². The molecule has 5 nitrogen and oxygen atoms in total. The summed E-state index contributed by atoms with van der Waals surface area (Å²) in [5, 5.41) is 8.40. The number of aromatic nitrogens is 3. The van der Waals surface area contributed by atoms with Gasteiger partial charge in [-0.05, 0) is 31.2 Å². The van der Waals surface area contributed by atoms with E-state index in [0.717, 1.165) is 11.4 Å². The van der Waals surface area contributed by atoms with Gasteiger partial charge in [0.25, 0.3) is 5.91 Å². The number of aryl methyl sites for hydroxylation is 1. The molecule has 2 aromatic carbocycles. The third-order valence-electron chi connectivity index (χ3n) is 4.08. The van der Waals surface area contributed by atoms with Crippen LogP contribution in [0.15, 0.2) is 66.9 Å². The molecular weight excluding hydrogens is 348 g/mol. The molecule has 1 amide bonds. The topological polar surface area (TPSA) is 59.8 Å². The summed E-state index contributed by atoms with van der Waals surface area (Å²) in [4.78, 5) is 17.1. The number of benzene rings is 2. The van der Waals surface area contributed by atoms with Crippen molar-refractivity contribution in [3.8, 4) is 5.69 Å². The van der Waals surface area contributed by atoms with Gasteiger partial charge in [-0.1, -0.05) is 48.0 Å². The van der Waals surface area contributed by atoms with Gasteiger partial charge >= 0.3 is 0 Å². The van der Waals surface area contributed by atoms with Crippen LogP contribution in [-0.2, 0) is 0 Å². The van der Waals surface area contributed by atoms with Crippen LogP contribution in [0.1, 0.15) is 16.1 Å². The minimum Gasteiger partial charge on any atom is -0.322 e. The minimum absolute atomic E-state index is 0.303. The van der Waals surface area contributed by atoms with Gasteiger partial charge in [-0.3, -0.25) is 4.79 Å². The highest BCUT2D eigenvalue weighted by atomic mass is 35.5. The predicted octanol–water partition coefficient (Wildman–Crippen LogP) is 4.63. The Morgan fingerprint density at radius 3 is 2.38 bits per heavy atom. The highest BCUT2D eigenvalue weighted by molar-refractivity contribution is 6.39. The molecule has 0 fully saturated rings. The highest BCUT2D eigenvalue weighted by Gasteiger charge is 2.20. The third kappa shape index (κ3) is 2.82. The van der Waals surface area contributed by atoms with E-state index in [1.165, 1.54) is 6.20 Å². The maximum Gasteiger partial charge on any atom is 0.258 e. The summed E-state index contributed by atoms with van der Waals surface area (Å²) in [6.45, 7) is 1.86. The lowest BCUT2D eigenvalue weighted by Crippen LogP contribution is -2.13. The van der Waals surface area contributed by atoms with Crippen LogP contribution in [0.5, 0.6) is 0 Å². The average Bonchev–Trinajstić information content (AvgIpc) is 3.01. The van der Waals surface area contributed by atoms with Crippen molar-refractivity contribution in [2.24, 2.45) is 0 Å². The molecule has 0 unspecified atom stereocenters. The normalized spacial score (nSPS) is 10.8. The second kappa shape index (κ2) is 6.61. The lowest BCUT2D eigenvalue weighted by molar-refractivity contribution is 0.102. The summed E-state index contributed by atoms with van der Waals surface area (Å²) in [6.07, 6.45) is 1.49. The number of pyridine rings is 1. The Morgan fingerprint density at radius 1 is 1.04 bits per heavy atom. The molecule has 0 atom stereocenters. The molecule has 0 saturated heterocycles. The number of halogens is 1. The van der Waals surface area contributed by atoms with Crippen molar-refractivity contribution in [1.82, 2.24) is 14.8 Å². The summed E-state index contributed by atoms with van der Waals surface area (Å²) in [5.74, 6) is -0.303. The second-order valence-corrected chi connectivity index (χ2v) is 6.22. The fourth-order valence-corrected chi connectivity index (χ4v) is 3.19. The number of carbonyl (C=O) groups excluding carboxylic acids is 1. The van der Waals surface area contributed by atoms with Crippen molar-refractivity contribution in [3.05, 3.63) is 83.1 Å². The molecule has 0 spiro atoms. The van der Waals surface area contributed by atoms with Crippen LogP contribution in [0, 0.1) is 6.92 Å². The van der Waals surface area contributed by atoms with Gasteiger partial charge in [0.2, 0.25) is 0 Å². The van der Waals surface area contributed by atoms with E-state index in [0.29, 0.717) is 27.3 Å². The zero-order valence-corrected chi connectivity index (χ0v) is 14.7. The number of nitrogens with one attached hydrogen (secondary N) is 1. The van der Waals surface area contributed by atoms with Crippen molar-refractivity contribution < 1.29 is 4.79 Å². The Bertz CT molecular complexity index is 1090. The first-order chi connectivity index (χ1) is 12.6. The lowest BCUT2D eigenvalue weighted by atomic mass is 10.2. The predicted molar refractivity (Wildman–Crippen MR) is 103 cm³/mol. The smallest absolute Gasteiger partial charge is 0.258 e. The standard InChI is InChI=1S/C20H15ClN4O/c1-13-17-18(21)16(20(26)23-14-8-4-2-5-9-14)12-22-19(17)25(24-13)15-10-6-3-7-11-15/h2-12H,1H3,(H,23,26). The second-order valence-electron chi connectivity index (χ2n) is 5.84. The monoisotopic (exact) mass is 362 g/mol. The number of fused-ring (bicyclic) bond motifs is 1. The molecule has 26 heavy (non-hydrogen) atoms. The molecule has 0 saturated carbocycles. The average molecular weight is 363 g/mol. The number of nitrogens with zero attached hydrogens (tertiary/aromatic N) is 3. The van der Waals surface area contributed by atoms with Gasteiger partial charge < -0.3 is 5.32 Å². The van der Waals surface area contributed by atoms with Crippen LogP contribution in [0.4, 0.5) is 5.69 Å². The number of hydrogen-bond acceptors (Lipinski definition) is 3. The molecule has 0 radical (unpaired) electrons. The van der Waals surface area contributed by atoms with E-state index in [-0.39, 0.29) is 5.91 Å². The van der Waals surface area contributed by atoms with E-state index in [9.17, 15) is 4.79 Å². The quantitative estimate of drug-likeness (QED) is 0.577. The van der Waals surface area contributed by atoms with Crippen molar-refractivity contribution in [2.75, 3.05) is 5.32 Å². The number of anilines is 1. The summed E-state index contributed by atoms with van der Waals surface area (Å²) in [7, 11) is 0. The molecule has 1 N–H and O–H groups in total. The Labute approximate surface area is 155 Å². The van der Waals surface area contributed by atoms with Gasteiger partial charge in [-0.15, -0.1) is 0 Å². The van der Waals surface area contributed by atoms with Crippen LogP contribution < -0.4 is 5.32 Å². The molecule has 0 aliphatic heterocycles. The van der Waals surface area contributed by atoms with Crippen LogP contribution in [0.25, 0.3) is 16.7 Å².